The van der Waals surface area contributed by atoms with Crippen LogP contribution in [0.2, 0.25) is 0 Å². The molecule has 0 amide bonds. The molecule has 0 aliphatic heterocycles. The van der Waals surface area contributed by atoms with Gasteiger partial charge in [-0.15, -0.1) is 10.2 Å². The van der Waals surface area contributed by atoms with E-state index in [1.54, 1.807) is 0 Å². The second-order valence-corrected chi connectivity index (χ2v) is 7.62. The van der Waals surface area contributed by atoms with Gasteiger partial charge in [-0.25, -0.2) is 0 Å². The average Bonchev–Trinajstić information content (AvgIpc) is 2.85. The lowest BCUT2D eigenvalue weighted by atomic mass is 9.48. The summed E-state index contributed by atoms with van der Waals surface area (Å²) in [7, 11) is 0. The molecule has 4 bridgehead atoms. The van der Waals surface area contributed by atoms with Gasteiger partial charge in [0.2, 0.25) is 11.8 Å². The summed E-state index contributed by atoms with van der Waals surface area (Å²) in [6, 6.07) is -0.0703. The van der Waals surface area contributed by atoms with Gasteiger partial charge >= 0.3 is 0 Å². The molecule has 4 aliphatic carbocycles. The van der Waals surface area contributed by atoms with Crippen LogP contribution in [0.15, 0.2) is 4.42 Å². The molecule has 4 nitrogen and oxygen atoms in total. The third-order valence-electron chi connectivity index (χ3n) is 5.92. The average molecular weight is 275 g/mol. The van der Waals surface area contributed by atoms with Crippen molar-refractivity contribution in [2.75, 3.05) is 0 Å². The lowest BCUT2D eigenvalue weighted by Gasteiger charge is -2.57. The molecule has 1 unspecified atom stereocenters. The number of hydrogen-bond acceptors (Lipinski definition) is 4. The van der Waals surface area contributed by atoms with Crippen molar-refractivity contribution in [1.82, 2.24) is 10.2 Å². The second-order valence-electron chi connectivity index (χ2n) is 7.62. The first-order valence-corrected chi connectivity index (χ1v) is 8.23. The van der Waals surface area contributed by atoms with Crippen molar-refractivity contribution in [3.05, 3.63) is 11.8 Å². The highest BCUT2D eigenvalue weighted by Gasteiger charge is 2.51. The summed E-state index contributed by atoms with van der Waals surface area (Å²) in [5.74, 6) is 4.28. The van der Waals surface area contributed by atoms with E-state index in [1.807, 2.05) is 6.92 Å². The van der Waals surface area contributed by atoms with Gasteiger partial charge in [0.1, 0.15) is 0 Å². The van der Waals surface area contributed by atoms with Crippen molar-refractivity contribution in [3.8, 4) is 0 Å². The maximum absolute atomic E-state index is 6.39. The Morgan fingerprint density at radius 1 is 1.15 bits per heavy atom. The highest BCUT2D eigenvalue weighted by Crippen LogP contribution is 2.62. The van der Waals surface area contributed by atoms with E-state index in [-0.39, 0.29) is 6.04 Å². The van der Waals surface area contributed by atoms with Crippen molar-refractivity contribution >= 4 is 0 Å². The van der Waals surface area contributed by atoms with Gasteiger partial charge in [0.05, 0.1) is 6.04 Å². The fourth-order valence-corrected chi connectivity index (χ4v) is 5.65. The van der Waals surface area contributed by atoms with Gasteiger partial charge < -0.3 is 10.2 Å². The summed E-state index contributed by atoms with van der Waals surface area (Å²) in [6.07, 6.45) is 10.4. The van der Waals surface area contributed by atoms with Crippen molar-refractivity contribution < 1.29 is 4.42 Å². The molecule has 0 saturated heterocycles. The van der Waals surface area contributed by atoms with Crippen LogP contribution < -0.4 is 5.73 Å². The summed E-state index contributed by atoms with van der Waals surface area (Å²) in [4.78, 5) is 0. The predicted molar refractivity (Wildman–Crippen MR) is 75.8 cm³/mol. The number of hydrogen-bond donors (Lipinski definition) is 1. The monoisotopic (exact) mass is 275 g/mol. The van der Waals surface area contributed by atoms with E-state index in [2.05, 4.69) is 10.2 Å². The number of rotatable bonds is 4. The van der Waals surface area contributed by atoms with Crippen LogP contribution in [-0.2, 0) is 6.42 Å². The number of nitrogens with zero attached hydrogens (tertiary/aromatic N) is 2. The Balaban J connectivity index is 1.50. The molecular weight excluding hydrogens is 250 g/mol. The standard InChI is InChI=1S/C16H25N3O/c1-2-14-18-19-15(20-14)13(17)9-16-6-10-3-11(7-16)5-12(4-10)8-16/h10-13H,2-9,17H2,1H3. The molecule has 1 aromatic heterocycles. The molecular formula is C16H25N3O. The van der Waals surface area contributed by atoms with Crippen LogP contribution in [0.25, 0.3) is 0 Å². The summed E-state index contributed by atoms with van der Waals surface area (Å²) >= 11 is 0. The van der Waals surface area contributed by atoms with Gasteiger partial charge in [-0.1, -0.05) is 6.92 Å². The summed E-state index contributed by atoms with van der Waals surface area (Å²) in [5, 5.41) is 8.20. The first-order chi connectivity index (χ1) is 9.66. The van der Waals surface area contributed by atoms with E-state index in [0.717, 1.165) is 30.6 Å². The minimum atomic E-state index is -0.0703. The van der Waals surface area contributed by atoms with E-state index in [0.29, 0.717) is 17.2 Å². The number of aromatic nitrogens is 2. The Kier molecular flexibility index (Phi) is 2.92. The predicted octanol–water partition coefficient (Wildman–Crippen LogP) is 3.24. The van der Waals surface area contributed by atoms with Gasteiger partial charge in [0.25, 0.3) is 0 Å². The van der Waals surface area contributed by atoms with E-state index < -0.39 is 0 Å². The molecule has 20 heavy (non-hydrogen) atoms. The molecule has 0 radical (unpaired) electrons. The van der Waals surface area contributed by atoms with E-state index >= 15 is 0 Å². The van der Waals surface area contributed by atoms with Crippen molar-refractivity contribution in [2.45, 2.75) is 64.3 Å². The van der Waals surface area contributed by atoms with Crippen LogP contribution in [0.1, 0.15) is 69.7 Å². The maximum Gasteiger partial charge on any atom is 0.233 e. The highest BCUT2D eigenvalue weighted by molar-refractivity contribution is 5.04. The Hall–Kier alpha value is -0.900. The lowest BCUT2D eigenvalue weighted by Crippen LogP contribution is -2.47. The molecule has 1 atom stereocenters. The van der Waals surface area contributed by atoms with Gasteiger partial charge in [-0.3, -0.25) is 0 Å². The minimum Gasteiger partial charge on any atom is -0.424 e. The maximum atomic E-state index is 6.39. The third kappa shape index (κ3) is 2.09. The molecule has 4 heteroatoms. The summed E-state index contributed by atoms with van der Waals surface area (Å²) in [5.41, 5.74) is 6.87. The Bertz CT molecular complexity index is 460. The normalized spacial score (nSPS) is 40.2. The highest BCUT2D eigenvalue weighted by atomic mass is 16.4. The third-order valence-corrected chi connectivity index (χ3v) is 5.92. The van der Waals surface area contributed by atoms with Gasteiger partial charge in [-0.2, -0.15) is 0 Å². The first kappa shape index (κ1) is 12.8. The van der Waals surface area contributed by atoms with Crippen molar-refractivity contribution in [1.29, 1.82) is 0 Å². The molecule has 4 aliphatic rings. The Morgan fingerprint density at radius 3 is 2.25 bits per heavy atom. The van der Waals surface area contributed by atoms with E-state index in [4.69, 9.17) is 10.2 Å². The fourth-order valence-electron chi connectivity index (χ4n) is 5.65. The van der Waals surface area contributed by atoms with Gasteiger partial charge in [-0.05, 0) is 68.1 Å². The number of aryl methyl sites for hydroxylation is 1. The molecule has 2 N–H and O–H groups in total. The zero-order valence-electron chi connectivity index (χ0n) is 12.3. The van der Waals surface area contributed by atoms with Crippen molar-refractivity contribution in [2.24, 2.45) is 28.9 Å². The fraction of sp³-hybridized carbons (Fsp3) is 0.875. The molecule has 5 rings (SSSR count). The van der Waals surface area contributed by atoms with Gasteiger partial charge in [0, 0.05) is 6.42 Å². The van der Waals surface area contributed by atoms with Crippen LogP contribution in [0, 0.1) is 23.2 Å². The Labute approximate surface area is 120 Å². The van der Waals surface area contributed by atoms with E-state index in [1.165, 1.54) is 38.5 Å². The Morgan fingerprint density at radius 2 is 1.75 bits per heavy atom. The minimum absolute atomic E-state index is 0.0703. The zero-order valence-corrected chi connectivity index (χ0v) is 12.3. The molecule has 110 valence electrons. The SMILES string of the molecule is CCc1nnc(C(N)CC23CC4CC(CC(C4)C2)C3)o1. The smallest absolute Gasteiger partial charge is 0.233 e. The first-order valence-electron chi connectivity index (χ1n) is 8.23. The molecule has 1 heterocycles. The zero-order chi connectivity index (χ0) is 13.7. The summed E-state index contributed by atoms with van der Waals surface area (Å²) < 4.78 is 5.66. The van der Waals surface area contributed by atoms with Crippen LogP contribution in [0.4, 0.5) is 0 Å². The molecule has 4 saturated carbocycles. The van der Waals surface area contributed by atoms with Crippen molar-refractivity contribution in [3.63, 3.8) is 0 Å². The molecule has 1 aromatic rings. The number of nitrogens with two attached hydrogens (primary N) is 1. The van der Waals surface area contributed by atoms with Crippen LogP contribution in [-0.4, -0.2) is 10.2 Å². The molecule has 4 fully saturated rings. The van der Waals surface area contributed by atoms with E-state index in [9.17, 15) is 0 Å². The second kappa shape index (κ2) is 4.55. The lowest BCUT2D eigenvalue weighted by molar-refractivity contribution is -0.0615. The molecule has 0 aromatic carbocycles. The topological polar surface area (TPSA) is 64.9 Å². The van der Waals surface area contributed by atoms with Gasteiger partial charge in [0.15, 0.2) is 0 Å². The van der Waals surface area contributed by atoms with Crippen LogP contribution >= 0.6 is 0 Å². The van der Waals surface area contributed by atoms with Crippen LogP contribution in [0.3, 0.4) is 0 Å². The molecule has 0 spiro atoms. The van der Waals surface area contributed by atoms with Crippen LogP contribution in [0.5, 0.6) is 0 Å². The largest absolute Gasteiger partial charge is 0.424 e. The summed E-state index contributed by atoms with van der Waals surface area (Å²) in [6.45, 7) is 2.03. The quantitative estimate of drug-likeness (QED) is 0.916.